The Bertz CT molecular complexity index is 1110. The smallest absolute Gasteiger partial charge is 0.307 e. The van der Waals surface area contributed by atoms with Crippen LogP contribution in [0.15, 0.2) is 41.3 Å². The number of imide groups is 1. The third kappa shape index (κ3) is 5.29. The SMILES string of the molecule is Cc1cccc(NC(=O)NC(=O)CN2CCN(S(=O)(=O)c3c(F)cccc3F)CC2)c1C. The first-order chi connectivity index (χ1) is 15.1. The quantitative estimate of drug-likeness (QED) is 0.704. The molecule has 1 aliphatic heterocycles. The van der Waals surface area contributed by atoms with Crippen LogP contribution in [0.1, 0.15) is 11.1 Å². The van der Waals surface area contributed by atoms with Gasteiger partial charge in [-0.1, -0.05) is 18.2 Å². The van der Waals surface area contributed by atoms with Crippen molar-refractivity contribution in [3.05, 3.63) is 59.2 Å². The number of hydrogen-bond acceptors (Lipinski definition) is 5. The number of nitrogens with zero attached hydrogens (tertiary/aromatic N) is 2. The van der Waals surface area contributed by atoms with Crippen molar-refractivity contribution in [1.29, 1.82) is 0 Å². The number of piperazine rings is 1. The van der Waals surface area contributed by atoms with Crippen LogP contribution >= 0.6 is 0 Å². The van der Waals surface area contributed by atoms with Crippen LogP contribution < -0.4 is 10.6 Å². The lowest BCUT2D eigenvalue weighted by atomic mass is 10.1. The van der Waals surface area contributed by atoms with Crippen LogP contribution in [0.25, 0.3) is 0 Å². The van der Waals surface area contributed by atoms with E-state index in [4.69, 9.17) is 0 Å². The van der Waals surface area contributed by atoms with E-state index in [2.05, 4.69) is 10.6 Å². The van der Waals surface area contributed by atoms with Crippen molar-refractivity contribution in [1.82, 2.24) is 14.5 Å². The van der Waals surface area contributed by atoms with Crippen molar-refractivity contribution in [2.45, 2.75) is 18.7 Å². The molecule has 11 heteroatoms. The molecule has 1 heterocycles. The molecule has 3 amide bonds. The summed E-state index contributed by atoms with van der Waals surface area (Å²) in [5.74, 6) is -2.85. The highest BCUT2D eigenvalue weighted by molar-refractivity contribution is 7.89. The minimum Gasteiger partial charge on any atom is -0.307 e. The molecule has 0 saturated carbocycles. The second kappa shape index (κ2) is 9.72. The van der Waals surface area contributed by atoms with Crippen LogP contribution in [0.2, 0.25) is 0 Å². The van der Waals surface area contributed by atoms with Crippen LogP contribution in [-0.4, -0.2) is 62.3 Å². The standard InChI is InChI=1S/C21H24F2N4O4S/c1-14-5-3-8-18(15(14)2)24-21(29)25-19(28)13-26-9-11-27(12-10-26)32(30,31)20-16(22)6-4-7-17(20)23/h3-8H,9-13H2,1-2H3,(H2,24,25,28,29). The van der Waals surface area contributed by atoms with Gasteiger partial charge in [0.15, 0.2) is 4.90 Å². The molecule has 1 aliphatic rings. The number of sulfonamides is 1. The van der Waals surface area contributed by atoms with E-state index in [9.17, 15) is 26.8 Å². The van der Waals surface area contributed by atoms with Crippen LogP contribution in [0.4, 0.5) is 19.3 Å². The van der Waals surface area contributed by atoms with Gasteiger partial charge in [-0.15, -0.1) is 0 Å². The van der Waals surface area contributed by atoms with Crippen molar-refractivity contribution < 1.29 is 26.8 Å². The summed E-state index contributed by atoms with van der Waals surface area (Å²) in [5, 5.41) is 4.87. The predicted octanol–water partition coefficient (Wildman–Crippen LogP) is 2.24. The summed E-state index contributed by atoms with van der Waals surface area (Å²) in [6.07, 6.45) is 0. The van der Waals surface area contributed by atoms with Crippen LogP contribution in [0, 0.1) is 25.5 Å². The molecule has 0 spiro atoms. The zero-order valence-electron chi connectivity index (χ0n) is 17.7. The van der Waals surface area contributed by atoms with Crippen LogP contribution in [-0.2, 0) is 14.8 Å². The van der Waals surface area contributed by atoms with E-state index in [0.29, 0.717) is 5.69 Å². The van der Waals surface area contributed by atoms with E-state index in [-0.39, 0.29) is 32.7 Å². The van der Waals surface area contributed by atoms with Crippen molar-refractivity contribution in [3.8, 4) is 0 Å². The largest absolute Gasteiger partial charge is 0.325 e. The fraction of sp³-hybridized carbons (Fsp3) is 0.333. The minimum absolute atomic E-state index is 0.0436. The molecule has 172 valence electrons. The highest BCUT2D eigenvalue weighted by atomic mass is 32.2. The highest BCUT2D eigenvalue weighted by Gasteiger charge is 2.33. The normalized spacial score (nSPS) is 15.4. The van der Waals surface area contributed by atoms with E-state index in [1.54, 1.807) is 17.0 Å². The van der Waals surface area contributed by atoms with Crippen molar-refractivity contribution in [2.75, 3.05) is 38.0 Å². The molecule has 1 fully saturated rings. The number of halogens is 2. The van der Waals surface area contributed by atoms with Gasteiger partial charge >= 0.3 is 6.03 Å². The number of benzene rings is 2. The number of nitrogens with one attached hydrogen (secondary N) is 2. The Morgan fingerprint density at radius 2 is 1.56 bits per heavy atom. The monoisotopic (exact) mass is 466 g/mol. The number of rotatable bonds is 5. The van der Waals surface area contributed by atoms with Gasteiger partial charge in [0.2, 0.25) is 15.9 Å². The molecule has 1 saturated heterocycles. The van der Waals surface area contributed by atoms with E-state index in [1.165, 1.54) is 0 Å². The lowest BCUT2D eigenvalue weighted by molar-refractivity contribution is -0.121. The summed E-state index contributed by atoms with van der Waals surface area (Å²) < 4.78 is 54.1. The molecule has 3 rings (SSSR count). The topological polar surface area (TPSA) is 98.8 Å². The summed E-state index contributed by atoms with van der Waals surface area (Å²) in [7, 11) is -4.34. The average molecular weight is 467 g/mol. The molecular weight excluding hydrogens is 442 g/mol. The van der Waals surface area contributed by atoms with Crippen molar-refractivity contribution in [2.24, 2.45) is 0 Å². The number of amides is 3. The summed E-state index contributed by atoms with van der Waals surface area (Å²) in [6.45, 7) is 3.89. The Hall–Kier alpha value is -2.89. The van der Waals surface area contributed by atoms with Crippen molar-refractivity contribution >= 4 is 27.6 Å². The third-order valence-corrected chi connectivity index (χ3v) is 7.27. The van der Waals surface area contributed by atoms with E-state index >= 15 is 0 Å². The van der Waals surface area contributed by atoms with Gasteiger partial charge in [0.05, 0.1) is 6.54 Å². The number of aryl methyl sites for hydroxylation is 1. The molecular formula is C21H24F2N4O4S. The van der Waals surface area contributed by atoms with Gasteiger partial charge in [-0.2, -0.15) is 4.31 Å². The highest BCUT2D eigenvalue weighted by Crippen LogP contribution is 2.23. The molecule has 0 bridgehead atoms. The Balaban J connectivity index is 1.53. The lowest BCUT2D eigenvalue weighted by Gasteiger charge is -2.33. The molecule has 2 N–H and O–H groups in total. The van der Waals surface area contributed by atoms with E-state index < -0.39 is 38.5 Å². The Kier molecular flexibility index (Phi) is 7.22. The molecule has 0 unspecified atom stereocenters. The fourth-order valence-electron chi connectivity index (χ4n) is 3.40. The second-order valence-electron chi connectivity index (χ2n) is 7.48. The molecule has 0 aliphatic carbocycles. The zero-order chi connectivity index (χ0) is 23.5. The molecule has 0 aromatic heterocycles. The van der Waals surface area contributed by atoms with Crippen LogP contribution in [0.3, 0.4) is 0 Å². The van der Waals surface area contributed by atoms with Gasteiger partial charge in [-0.05, 0) is 43.2 Å². The van der Waals surface area contributed by atoms with Gasteiger partial charge in [0.25, 0.3) is 0 Å². The summed E-state index contributed by atoms with van der Waals surface area (Å²) in [4.78, 5) is 25.0. The van der Waals surface area contributed by atoms with Crippen molar-refractivity contribution in [3.63, 3.8) is 0 Å². The fourth-order valence-corrected chi connectivity index (χ4v) is 4.93. The number of urea groups is 1. The minimum atomic E-state index is -4.34. The summed E-state index contributed by atoms with van der Waals surface area (Å²) >= 11 is 0. The first-order valence-corrected chi connectivity index (χ1v) is 11.4. The van der Waals surface area contributed by atoms with Gasteiger partial charge in [0, 0.05) is 31.9 Å². The maximum absolute atomic E-state index is 13.9. The number of anilines is 1. The Morgan fingerprint density at radius 1 is 0.969 bits per heavy atom. The third-order valence-electron chi connectivity index (χ3n) is 5.32. The Labute approximate surface area is 185 Å². The number of hydrogen-bond donors (Lipinski definition) is 2. The first-order valence-electron chi connectivity index (χ1n) is 9.93. The van der Waals surface area contributed by atoms with E-state index in [0.717, 1.165) is 33.6 Å². The lowest BCUT2D eigenvalue weighted by Crippen LogP contribution is -2.51. The van der Waals surface area contributed by atoms with Gasteiger partial charge in [-0.25, -0.2) is 22.0 Å². The summed E-state index contributed by atoms with van der Waals surface area (Å²) in [6, 6.07) is 7.63. The first kappa shape index (κ1) is 23.8. The second-order valence-corrected chi connectivity index (χ2v) is 9.36. The molecule has 0 atom stereocenters. The predicted molar refractivity (Wildman–Crippen MR) is 115 cm³/mol. The maximum Gasteiger partial charge on any atom is 0.325 e. The molecule has 32 heavy (non-hydrogen) atoms. The molecule has 2 aromatic rings. The Morgan fingerprint density at radius 3 is 2.19 bits per heavy atom. The molecule has 8 nitrogen and oxygen atoms in total. The number of carbonyl (C=O) groups excluding carboxylic acids is 2. The average Bonchev–Trinajstić information content (AvgIpc) is 2.71. The van der Waals surface area contributed by atoms with Gasteiger partial charge in [0.1, 0.15) is 11.6 Å². The van der Waals surface area contributed by atoms with Gasteiger partial charge < -0.3 is 5.32 Å². The van der Waals surface area contributed by atoms with Gasteiger partial charge in [-0.3, -0.25) is 15.0 Å². The summed E-state index contributed by atoms with van der Waals surface area (Å²) in [5.41, 5.74) is 2.48. The van der Waals surface area contributed by atoms with Crippen LogP contribution in [0.5, 0.6) is 0 Å². The molecule has 0 radical (unpaired) electrons. The number of carbonyl (C=O) groups is 2. The van der Waals surface area contributed by atoms with E-state index in [1.807, 2.05) is 19.9 Å². The zero-order valence-corrected chi connectivity index (χ0v) is 18.5. The maximum atomic E-state index is 13.9. The molecule has 2 aromatic carbocycles.